The van der Waals surface area contributed by atoms with Gasteiger partial charge in [0, 0.05) is 16.8 Å². The summed E-state index contributed by atoms with van der Waals surface area (Å²) in [6, 6.07) is 14.2. The molecule has 4 nitrogen and oxygen atoms in total. The third-order valence-electron chi connectivity index (χ3n) is 3.33. The summed E-state index contributed by atoms with van der Waals surface area (Å²) in [5.74, 6) is -0.114. The van der Waals surface area contributed by atoms with Gasteiger partial charge in [-0.2, -0.15) is 0 Å². The van der Waals surface area contributed by atoms with E-state index in [9.17, 15) is 4.79 Å². The third kappa shape index (κ3) is 4.89. The molecule has 26 heavy (non-hydrogen) atoms. The van der Waals surface area contributed by atoms with Crippen LogP contribution in [0.15, 0.2) is 59.9 Å². The minimum Gasteiger partial charge on any atom is -0.323 e. The maximum Gasteiger partial charge on any atom is 0.234 e. The first kappa shape index (κ1) is 19.0. The molecule has 0 aliphatic carbocycles. The molecule has 1 aromatic heterocycles. The molecule has 0 fully saturated rings. The lowest BCUT2D eigenvalue weighted by Crippen LogP contribution is -2.15. The summed E-state index contributed by atoms with van der Waals surface area (Å²) in [7, 11) is 0. The van der Waals surface area contributed by atoms with Crippen LogP contribution in [0, 0.1) is 0 Å². The van der Waals surface area contributed by atoms with E-state index in [0.717, 1.165) is 11.3 Å². The van der Waals surface area contributed by atoms with Gasteiger partial charge in [0.05, 0.1) is 27.2 Å². The van der Waals surface area contributed by atoms with Crippen molar-refractivity contribution >= 4 is 58.2 Å². The Hall–Kier alpha value is -1.79. The Morgan fingerprint density at radius 3 is 2.38 bits per heavy atom. The van der Waals surface area contributed by atoms with E-state index in [-0.39, 0.29) is 11.7 Å². The topological polar surface area (TPSA) is 54.9 Å². The lowest BCUT2D eigenvalue weighted by atomic mass is 10.1. The number of carbonyl (C=O) groups is 1. The zero-order valence-electron chi connectivity index (χ0n) is 13.2. The van der Waals surface area contributed by atoms with Gasteiger partial charge in [-0.05, 0) is 30.3 Å². The Balaban J connectivity index is 1.65. The summed E-state index contributed by atoms with van der Waals surface area (Å²) in [5, 5.41) is 4.64. The van der Waals surface area contributed by atoms with Crippen molar-refractivity contribution in [3.05, 3.63) is 69.8 Å². The van der Waals surface area contributed by atoms with Crippen molar-refractivity contribution in [1.82, 2.24) is 9.97 Å². The van der Waals surface area contributed by atoms with Crippen LogP contribution < -0.4 is 5.32 Å². The van der Waals surface area contributed by atoms with Crippen LogP contribution in [0.3, 0.4) is 0 Å². The molecule has 0 unspecified atom stereocenters. The molecule has 0 atom stereocenters. The smallest absolute Gasteiger partial charge is 0.234 e. The minimum absolute atomic E-state index is 0.131. The molecule has 0 saturated carbocycles. The van der Waals surface area contributed by atoms with Crippen LogP contribution in [0.1, 0.15) is 0 Å². The molecule has 0 radical (unpaired) electrons. The van der Waals surface area contributed by atoms with E-state index in [2.05, 4.69) is 15.3 Å². The Morgan fingerprint density at radius 2 is 1.69 bits per heavy atom. The van der Waals surface area contributed by atoms with E-state index >= 15 is 0 Å². The predicted molar refractivity (Wildman–Crippen MR) is 108 cm³/mol. The molecule has 3 aromatic rings. The first-order chi connectivity index (χ1) is 12.5. The Morgan fingerprint density at radius 1 is 1.00 bits per heavy atom. The van der Waals surface area contributed by atoms with Crippen molar-refractivity contribution in [3.63, 3.8) is 0 Å². The average Bonchev–Trinajstić information content (AvgIpc) is 2.64. The number of para-hydroxylation sites is 1. The summed E-state index contributed by atoms with van der Waals surface area (Å²) in [4.78, 5) is 20.8. The number of benzene rings is 2. The number of anilines is 1. The normalized spacial score (nSPS) is 10.6. The van der Waals surface area contributed by atoms with Gasteiger partial charge in [0.25, 0.3) is 0 Å². The highest BCUT2D eigenvalue weighted by Gasteiger charge is 2.11. The second-order valence-electron chi connectivity index (χ2n) is 5.16. The summed E-state index contributed by atoms with van der Waals surface area (Å²) < 4.78 is 0. The van der Waals surface area contributed by atoms with E-state index in [1.165, 1.54) is 11.8 Å². The van der Waals surface area contributed by atoms with E-state index in [4.69, 9.17) is 34.8 Å². The van der Waals surface area contributed by atoms with Crippen molar-refractivity contribution in [2.24, 2.45) is 0 Å². The fourth-order valence-corrected chi connectivity index (χ4v) is 3.36. The number of nitrogens with zero attached hydrogens (tertiary/aromatic N) is 2. The molecule has 0 aliphatic rings. The molecule has 0 aliphatic heterocycles. The molecule has 0 bridgehead atoms. The Kier molecular flexibility index (Phi) is 6.38. The number of carbonyl (C=O) groups excluding carboxylic acids is 1. The molecular weight excluding hydrogens is 413 g/mol. The fraction of sp³-hybridized carbons (Fsp3) is 0.0556. The molecule has 3 rings (SSSR count). The minimum atomic E-state index is -0.245. The van der Waals surface area contributed by atoms with Crippen molar-refractivity contribution in [3.8, 4) is 11.3 Å². The lowest BCUT2D eigenvalue weighted by molar-refractivity contribution is -0.113. The quantitative estimate of drug-likeness (QED) is 0.413. The monoisotopic (exact) mass is 423 g/mol. The summed E-state index contributed by atoms with van der Waals surface area (Å²) in [5.41, 5.74) is 2.08. The maximum absolute atomic E-state index is 12.2. The number of amides is 1. The lowest BCUT2D eigenvalue weighted by Gasteiger charge is -2.09. The molecule has 132 valence electrons. The fourth-order valence-electron chi connectivity index (χ4n) is 2.11. The van der Waals surface area contributed by atoms with Crippen LogP contribution >= 0.6 is 46.6 Å². The molecule has 0 saturated heterocycles. The van der Waals surface area contributed by atoms with Crippen LogP contribution in [-0.2, 0) is 4.79 Å². The number of hydrogen-bond acceptors (Lipinski definition) is 4. The van der Waals surface area contributed by atoms with Crippen molar-refractivity contribution < 1.29 is 4.79 Å². The van der Waals surface area contributed by atoms with E-state index < -0.39 is 0 Å². The standard InChI is InChI=1S/C18H12Cl3N3OS/c19-12-6-4-11(5-7-12)15-8-9-22-18(23-15)26-10-16(25)24-17-13(20)2-1-3-14(17)21/h1-9H,10H2,(H,24,25). The Labute approximate surface area is 169 Å². The van der Waals surface area contributed by atoms with Crippen molar-refractivity contribution in [2.45, 2.75) is 5.16 Å². The van der Waals surface area contributed by atoms with Crippen molar-refractivity contribution in [1.29, 1.82) is 0 Å². The molecule has 8 heteroatoms. The van der Waals surface area contributed by atoms with E-state index in [0.29, 0.717) is 25.9 Å². The first-order valence-electron chi connectivity index (χ1n) is 7.48. The number of nitrogens with one attached hydrogen (secondary N) is 1. The summed E-state index contributed by atoms with van der Waals surface area (Å²) in [6.07, 6.45) is 1.65. The largest absolute Gasteiger partial charge is 0.323 e. The van der Waals surface area contributed by atoms with Crippen LogP contribution in [0.5, 0.6) is 0 Å². The van der Waals surface area contributed by atoms with Crippen LogP contribution in [0.25, 0.3) is 11.3 Å². The highest BCUT2D eigenvalue weighted by atomic mass is 35.5. The van der Waals surface area contributed by atoms with Gasteiger partial charge in [0.1, 0.15) is 0 Å². The number of aromatic nitrogens is 2. The number of thioether (sulfide) groups is 1. The highest BCUT2D eigenvalue weighted by molar-refractivity contribution is 7.99. The molecule has 1 heterocycles. The van der Waals surface area contributed by atoms with Gasteiger partial charge < -0.3 is 5.32 Å². The summed E-state index contributed by atoms with van der Waals surface area (Å²) >= 11 is 19.2. The maximum atomic E-state index is 12.2. The molecular formula is C18H12Cl3N3OS. The molecule has 1 amide bonds. The van der Waals surface area contributed by atoms with E-state index in [1.54, 1.807) is 42.6 Å². The second kappa shape index (κ2) is 8.73. The van der Waals surface area contributed by atoms with Gasteiger partial charge in [-0.25, -0.2) is 9.97 Å². The van der Waals surface area contributed by atoms with Gasteiger partial charge >= 0.3 is 0 Å². The zero-order valence-corrected chi connectivity index (χ0v) is 16.3. The molecule has 2 aromatic carbocycles. The highest BCUT2D eigenvalue weighted by Crippen LogP contribution is 2.30. The number of rotatable bonds is 5. The first-order valence-corrected chi connectivity index (χ1v) is 9.60. The molecule has 1 N–H and O–H groups in total. The van der Waals surface area contributed by atoms with Gasteiger partial charge in [0.2, 0.25) is 5.91 Å². The Bertz CT molecular complexity index is 915. The van der Waals surface area contributed by atoms with Gasteiger partial charge in [-0.1, -0.05) is 64.8 Å². The molecule has 0 spiro atoms. The zero-order chi connectivity index (χ0) is 18.5. The predicted octanol–water partition coefficient (Wildman–Crippen LogP) is 5.83. The summed E-state index contributed by atoms with van der Waals surface area (Å²) in [6.45, 7) is 0. The number of halogens is 3. The van der Waals surface area contributed by atoms with Crippen LogP contribution in [0.4, 0.5) is 5.69 Å². The van der Waals surface area contributed by atoms with Gasteiger partial charge in [-0.15, -0.1) is 0 Å². The van der Waals surface area contributed by atoms with Gasteiger partial charge in [0.15, 0.2) is 5.16 Å². The third-order valence-corrected chi connectivity index (χ3v) is 5.08. The van der Waals surface area contributed by atoms with E-state index in [1.807, 2.05) is 12.1 Å². The van der Waals surface area contributed by atoms with Crippen LogP contribution in [0.2, 0.25) is 15.1 Å². The SMILES string of the molecule is O=C(CSc1nccc(-c2ccc(Cl)cc2)n1)Nc1c(Cl)cccc1Cl. The van der Waals surface area contributed by atoms with Crippen molar-refractivity contribution in [2.75, 3.05) is 11.1 Å². The average molecular weight is 425 g/mol. The number of hydrogen-bond donors (Lipinski definition) is 1. The van der Waals surface area contributed by atoms with Crippen LogP contribution in [-0.4, -0.2) is 21.6 Å². The second-order valence-corrected chi connectivity index (χ2v) is 7.36. The van der Waals surface area contributed by atoms with Gasteiger partial charge in [-0.3, -0.25) is 4.79 Å².